The summed E-state index contributed by atoms with van der Waals surface area (Å²) in [7, 11) is 0. The summed E-state index contributed by atoms with van der Waals surface area (Å²) in [4.78, 5) is 37.1. The Morgan fingerprint density at radius 3 is 2.57 bits per heavy atom. The smallest absolute Gasteiger partial charge is 0.350 e. The number of benzene rings is 1. The average Bonchev–Trinajstić information content (AvgIpc) is 3.30. The summed E-state index contributed by atoms with van der Waals surface area (Å²) in [6.07, 6.45) is -0.0885. The molecule has 0 spiro atoms. The first-order chi connectivity index (χ1) is 14.4. The van der Waals surface area contributed by atoms with Gasteiger partial charge in [-0.3, -0.25) is 9.59 Å². The Kier molecular flexibility index (Phi) is 7.28. The lowest BCUT2D eigenvalue weighted by Gasteiger charge is -2.06. The van der Waals surface area contributed by atoms with Crippen LogP contribution in [0, 0.1) is 0 Å². The zero-order valence-corrected chi connectivity index (χ0v) is 18.9. The van der Waals surface area contributed by atoms with Gasteiger partial charge in [-0.15, -0.1) is 11.3 Å². The quantitative estimate of drug-likeness (QED) is 0.423. The topological polar surface area (TPSA) is 94.8 Å². The normalized spacial score (nSPS) is 10.8. The van der Waals surface area contributed by atoms with Gasteiger partial charge in [0.25, 0.3) is 0 Å². The van der Waals surface area contributed by atoms with Crippen molar-refractivity contribution in [2.75, 3.05) is 18.5 Å². The second-order valence-corrected chi connectivity index (χ2v) is 8.19. The van der Waals surface area contributed by atoms with Crippen molar-refractivity contribution in [1.29, 1.82) is 0 Å². The predicted octanol–water partition coefficient (Wildman–Crippen LogP) is 5.38. The molecule has 2 heterocycles. The van der Waals surface area contributed by atoms with Crippen LogP contribution in [0.4, 0.5) is 5.69 Å². The molecule has 1 amide bonds. The summed E-state index contributed by atoms with van der Waals surface area (Å²) >= 11 is 4.60. The summed E-state index contributed by atoms with van der Waals surface area (Å²) in [5.41, 5.74) is 1.03. The molecule has 0 aliphatic carbocycles. The van der Waals surface area contributed by atoms with E-state index in [1.54, 1.807) is 19.9 Å². The molecule has 158 valence electrons. The highest BCUT2D eigenvalue weighted by Crippen LogP contribution is 2.38. The molecule has 0 aliphatic heterocycles. The van der Waals surface area contributed by atoms with Crippen LogP contribution < -0.4 is 5.32 Å². The van der Waals surface area contributed by atoms with Crippen LogP contribution >= 0.6 is 27.3 Å². The zero-order chi connectivity index (χ0) is 21.7. The number of hydrogen-bond acceptors (Lipinski definition) is 7. The van der Waals surface area contributed by atoms with Gasteiger partial charge in [0.05, 0.1) is 30.2 Å². The maximum Gasteiger partial charge on any atom is 0.350 e. The molecule has 0 aliphatic rings. The van der Waals surface area contributed by atoms with E-state index in [1.165, 1.54) is 11.3 Å². The second-order valence-electron chi connectivity index (χ2n) is 6.22. The summed E-state index contributed by atoms with van der Waals surface area (Å²) in [5.74, 6) is -0.803. The van der Waals surface area contributed by atoms with Crippen molar-refractivity contribution in [2.45, 2.75) is 26.7 Å². The van der Waals surface area contributed by atoms with E-state index in [0.29, 0.717) is 21.9 Å². The molecule has 0 unspecified atom stereocenters. The predicted molar refractivity (Wildman–Crippen MR) is 118 cm³/mol. The molecule has 9 heteroatoms. The van der Waals surface area contributed by atoms with E-state index in [4.69, 9.17) is 13.9 Å². The van der Waals surface area contributed by atoms with Gasteiger partial charge in [0.15, 0.2) is 0 Å². The lowest BCUT2D eigenvalue weighted by atomic mass is 10.2. The molecule has 1 N–H and O–H groups in total. The number of ether oxygens (including phenoxy) is 2. The fourth-order valence-electron chi connectivity index (χ4n) is 2.75. The van der Waals surface area contributed by atoms with E-state index >= 15 is 0 Å². The van der Waals surface area contributed by atoms with Crippen molar-refractivity contribution < 1.29 is 28.3 Å². The van der Waals surface area contributed by atoms with Gasteiger partial charge in [-0.05, 0) is 44.2 Å². The minimum Gasteiger partial charge on any atom is -0.466 e. The monoisotopic (exact) mass is 493 g/mol. The molecular weight excluding hydrogens is 474 g/mol. The van der Waals surface area contributed by atoms with Crippen LogP contribution in [0.25, 0.3) is 21.6 Å². The number of thiophene rings is 1. The molecule has 3 aromatic rings. The molecule has 2 aromatic heterocycles. The number of hydrogen-bond donors (Lipinski definition) is 1. The molecule has 7 nitrogen and oxygen atoms in total. The summed E-state index contributed by atoms with van der Waals surface area (Å²) in [6.45, 7) is 3.88. The first-order valence-corrected chi connectivity index (χ1v) is 11.0. The standard InChI is InChI=1S/C21H20BrNO6S/c1-3-27-19(25)8-7-18(24)23-14-11-17(30-20(14)21(26)28-4-2)16-10-12-9-13(22)5-6-15(12)29-16/h5-6,9-11H,3-4,7-8H2,1-2H3,(H,23,24). The van der Waals surface area contributed by atoms with Gasteiger partial charge >= 0.3 is 11.9 Å². The van der Waals surface area contributed by atoms with Crippen molar-refractivity contribution >= 4 is 61.8 Å². The number of rotatable bonds is 8. The number of furan rings is 1. The lowest BCUT2D eigenvalue weighted by Crippen LogP contribution is -2.16. The van der Waals surface area contributed by atoms with Crippen LogP contribution in [0.3, 0.4) is 0 Å². The molecule has 0 atom stereocenters. The number of amides is 1. The Morgan fingerprint density at radius 2 is 1.83 bits per heavy atom. The number of nitrogens with one attached hydrogen (secondary N) is 1. The molecule has 0 saturated carbocycles. The van der Waals surface area contributed by atoms with Crippen LogP contribution in [0.2, 0.25) is 0 Å². The van der Waals surface area contributed by atoms with Gasteiger partial charge in [0, 0.05) is 16.3 Å². The minimum absolute atomic E-state index is 0.0378. The van der Waals surface area contributed by atoms with Crippen LogP contribution in [-0.2, 0) is 19.1 Å². The lowest BCUT2D eigenvalue weighted by molar-refractivity contribution is -0.144. The van der Waals surface area contributed by atoms with Crippen molar-refractivity contribution in [3.05, 3.63) is 39.7 Å². The Labute approximate surface area is 185 Å². The van der Waals surface area contributed by atoms with Crippen molar-refractivity contribution in [3.8, 4) is 10.6 Å². The third kappa shape index (κ3) is 5.28. The molecule has 0 bridgehead atoms. The van der Waals surface area contributed by atoms with Crippen molar-refractivity contribution in [1.82, 2.24) is 0 Å². The largest absolute Gasteiger partial charge is 0.466 e. The number of anilines is 1. The van der Waals surface area contributed by atoms with Crippen LogP contribution in [0.1, 0.15) is 36.4 Å². The van der Waals surface area contributed by atoms with Gasteiger partial charge in [-0.2, -0.15) is 0 Å². The van der Waals surface area contributed by atoms with E-state index in [-0.39, 0.29) is 30.9 Å². The Morgan fingerprint density at radius 1 is 1.07 bits per heavy atom. The SMILES string of the molecule is CCOC(=O)CCC(=O)Nc1cc(-c2cc3cc(Br)ccc3o2)sc1C(=O)OCC. The van der Waals surface area contributed by atoms with Crippen molar-refractivity contribution in [2.24, 2.45) is 0 Å². The maximum atomic E-state index is 12.4. The molecule has 0 saturated heterocycles. The highest BCUT2D eigenvalue weighted by molar-refractivity contribution is 9.10. The molecule has 0 fully saturated rings. The van der Waals surface area contributed by atoms with E-state index < -0.39 is 17.8 Å². The van der Waals surface area contributed by atoms with E-state index in [0.717, 1.165) is 9.86 Å². The van der Waals surface area contributed by atoms with Gasteiger partial charge in [0.2, 0.25) is 5.91 Å². The van der Waals surface area contributed by atoms with Crippen molar-refractivity contribution in [3.63, 3.8) is 0 Å². The maximum absolute atomic E-state index is 12.4. The molecular formula is C21H20BrNO6S. The Hall–Kier alpha value is -2.65. The Balaban J connectivity index is 1.85. The number of fused-ring (bicyclic) bond motifs is 1. The van der Waals surface area contributed by atoms with Crippen LogP contribution in [0.5, 0.6) is 0 Å². The number of carbonyl (C=O) groups excluding carboxylic acids is 3. The number of carbonyl (C=O) groups is 3. The second kappa shape index (κ2) is 9.90. The molecule has 30 heavy (non-hydrogen) atoms. The molecule has 1 aromatic carbocycles. The van der Waals surface area contributed by atoms with Gasteiger partial charge in [-0.25, -0.2) is 4.79 Å². The van der Waals surface area contributed by atoms with Crippen LogP contribution in [-0.4, -0.2) is 31.1 Å². The highest BCUT2D eigenvalue weighted by Gasteiger charge is 2.22. The van der Waals surface area contributed by atoms with E-state index in [1.807, 2.05) is 24.3 Å². The first kappa shape index (κ1) is 22.0. The van der Waals surface area contributed by atoms with E-state index in [9.17, 15) is 14.4 Å². The summed E-state index contributed by atoms with van der Waals surface area (Å²) in [6, 6.07) is 9.20. The van der Waals surface area contributed by atoms with Gasteiger partial charge in [-0.1, -0.05) is 15.9 Å². The Bertz CT molecular complexity index is 1090. The highest BCUT2D eigenvalue weighted by atomic mass is 79.9. The van der Waals surface area contributed by atoms with Crippen LogP contribution in [0.15, 0.2) is 39.2 Å². The fraction of sp³-hybridized carbons (Fsp3) is 0.286. The fourth-order valence-corrected chi connectivity index (χ4v) is 4.09. The number of halogens is 1. The molecule has 3 rings (SSSR count). The zero-order valence-electron chi connectivity index (χ0n) is 16.5. The minimum atomic E-state index is -0.534. The number of esters is 2. The molecule has 0 radical (unpaired) electrons. The average molecular weight is 494 g/mol. The van der Waals surface area contributed by atoms with Gasteiger partial charge < -0.3 is 19.2 Å². The van der Waals surface area contributed by atoms with E-state index in [2.05, 4.69) is 21.2 Å². The third-order valence-corrected chi connectivity index (χ3v) is 5.67. The summed E-state index contributed by atoms with van der Waals surface area (Å²) in [5, 5.41) is 3.60. The van der Waals surface area contributed by atoms with Gasteiger partial charge in [0.1, 0.15) is 16.2 Å². The first-order valence-electron chi connectivity index (χ1n) is 9.37. The third-order valence-electron chi connectivity index (χ3n) is 4.05. The summed E-state index contributed by atoms with van der Waals surface area (Å²) < 4.78 is 16.8.